The van der Waals surface area contributed by atoms with E-state index < -0.39 is 0 Å². The van der Waals surface area contributed by atoms with Gasteiger partial charge < -0.3 is 14.9 Å². The summed E-state index contributed by atoms with van der Waals surface area (Å²) >= 11 is 0. The van der Waals surface area contributed by atoms with Gasteiger partial charge in [0.05, 0.1) is 12.7 Å². The Morgan fingerprint density at radius 3 is 2.76 bits per heavy atom. The Hall–Kier alpha value is -1.51. The first kappa shape index (κ1) is 12.0. The molecule has 1 aliphatic carbocycles. The second-order valence-electron chi connectivity index (χ2n) is 4.45. The van der Waals surface area contributed by atoms with E-state index >= 15 is 0 Å². The largest absolute Gasteiger partial charge is 0.493 e. The van der Waals surface area contributed by atoms with Crippen molar-refractivity contribution in [1.82, 2.24) is 0 Å². The van der Waals surface area contributed by atoms with Gasteiger partial charge in [-0.05, 0) is 38.3 Å². The third-order valence-corrected chi connectivity index (χ3v) is 2.65. The highest BCUT2D eigenvalue weighted by molar-refractivity contribution is 5.99. The van der Waals surface area contributed by atoms with E-state index in [0.717, 1.165) is 36.3 Å². The molecule has 0 unspecified atom stereocenters. The zero-order valence-electron chi connectivity index (χ0n) is 10.5. The first-order valence-electron chi connectivity index (χ1n) is 6.19. The van der Waals surface area contributed by atoms with Gasteiger partial charge in [-0.15, -0.1) is 0 Å². The van der Waals surface area contributed by atoms with Gasteiger partial charge in [-0.25, -0.2) is 0 Å². The van der Waals surface area contributed by atoms with Crippen molar-refractivity contribution >= 4 is 5.71 Å². The molecular formula is C14H19NO2. The Morgan fingerprint density at radius 1 is 1.41 bits per heavy atom. The lowest BCUT2D eigenvalue weighted by atomic mass is 10.1. The van der Waals surface area contributed by atoms with Crippen molar-refractivity contribution in [1.29, 1.82) is 5.41 Å². The number of hydrogen-bond acceptors (Lipinski definition) is 3. The first-order chi connectivity index (χ1) is 8.20. The van der Waals surface area contributed by atoms with Gasteiger partial charge in [0.25, 0.3) is 0 Å². The standard InChI is InChI=1S/C14H19NO2/c1-3-8-16-14-9-12(17-11-4-5-11)6-7-13(14)10(2)15/h6-7,9,11,15H,3-5,8H2,1-2H3. The molecule has 0 saturated heterocycles. The average Bonchev–Trinajstić information content (AvgIpc) is 3.10. The molecule has 1 saturated carbocycles. The van der Waals surface area contributed by atoms with E-state index in [1.807, 2.05) is 18.2 Å². The molecule has 0 bridgehead atoms. The Labute approximate surface area is 102 Å². The lowest BCUT2D eigenvalue weighted by molar-refractivity contribution is 0.292. The van der Waals surface area contributed by atoms with Gasteiger partial charge in [-0.1, -0.05) is 6.92 Å². The molecule has 0 atom stereocenters. The Balaban J connectivity index is 2.17. The molecule has 0 aliphatic heterocycles. The molecule has 0 aromatic heterocycles. The van der Waals surface area contributed by atoms with Crippen LogP contribution in [0.25, 0.3) is 0 Å². The summed E-state index contributed by atoms with van der Waals surface area (Å²) in [4.78, 5) is 0. The van der Waals surface area contributed by atoms with Gasteiger partial charge in [0.2, 0.25) is 0 Å². The molecule has 92 valence electrons. The number of nitrogens with one attached hydrogen (secondary N) is 1. The quantitative estimate of drug-likeness (QED) is 0.765. The summed E-state index contributed by atoms with van der Waals surface area (Å²) in [5.41, 5.74) is 1.37. The van der Waals surface area contributed by atoms with Crippen molar-refractivity contribution in [3.8, 4) is 11.5 Å². The van der Waals surface area contributed by atoms with Crippen LogP contribution in [-0.4, -0.2) is 18.4 Å². The van der Waals surface area contributed by atoms with Crippen LogP contribution in [0.3, 0.4) is 0 Å². The summed E-state index contributed by atoms with van der Waals surface area (Å²) < 4.78 is 11.4. The highest BCUT2D eigenvalue weighted by Gasteiger charge is 2.23. The maximum absolute atomic E-state index is 7.72. The van der Waals surface area contributed by atoms with Gasteiger partial charge in [0.1, 0.15) is 11.5 Å². The third kappa shape index (κ3) is 3.22. The Bertz CT molecular complexity index is 411. The summed E-state index contributed by atoms with van der Waals surface area (Å²) in [6.07, 6.45) is 3.65. The van der Waals surface area contributed by atoms with Crippen LogP contribution in [0.15, 0.2) is 18.2 Å². The van der Waals surface area contributed by atoms with Crippen LogP contribution in [0, 0.1) is 5.41 Å². The molecule has 3 nitrogen and oxygen atoms in total. The van der Waals surface area contributed by atoms with Crippen LogP contribution in [0.5, 0.6) is 11.5 Å². The third-order valence-electron chi connectivity index (χ3n) is 2.65. The Morgan fingerprint density at radius 2 is 2.18 bits per heavy atom. The maximum Gasteiger partial charge on any atom is 0.131 e. The predicted molar refractivity (Wildman–Crippen MR) is 68.4 cm³/mol. The minimum atomic E-state index is 0.390. The fraction of sp³-hybridized carbons (Fsp3) is 0.500. The number of ether oxygens (including phenoxy) is 2. The molecule has 3 heteroatoms. The smallest absolute Gasteiger partial charge is 0.131 e. The Kier molecular flexibility index (Phi) is 3.67. The summed E-state index contributed by atoms with van der Waals surface area (Å²) in [6, 6.07) is 5.73. The zero-order chi connectivity index (χ0) is 12.3. The number of hydrogen-bond donors (Lipinski definition) is 1. The van der Waals surface area contributed by atoms with Crippen molar-refractivity contribution in [3.63, 3.8) is 0 Å². The lowest BCUT2D eigenvalue weighted by Crippen LogP contribution is -2.03. The van der Waals surface area contributed by atoms with Gasteiger partial charge in [0, 0.05) is 17.3 Å². The minimum Gasteiger partial charge on any atom is -0.493 e. The van der Waals surface area contributed by atoms with Crippen LogP contribution < -0.4 is 9.47 Å². The summed E-state index contributed by atoms with van der Waals surface area (Å²) in [6.45, 7) is 4.52. The van der Waals surface area contributed by atoms with Crippen molar-refractivity contribution in [3.05, 3.63) is 23.8 Å². The molecule has 17 heavy (non-hydrogen) atoms. The van der Waals surface area contributed by atoms with Gasteiger partial charge in [0.15, 0.2) is 0 Å². The highest BCUT2D eigenvalue weighted by Crippen LogP contribution is 2.31. The fourth-order valence-electron chi connectivity index (χ4n) is 1.60. The second kappa shape index (κ2) is 5.21. The highest BCUT2D eigenvalue weighted by atomic mass is 16.5. The van der Waals surface area contributed by atoms with E-state index in [0.29, 0.717) is 18.4 Å². The van der Waals surface area contributed by atoms with Crippen molar-refractivity contribution in [2.45, 2.75) is 39.2 Å². The first-order valence-corrected chi connectivity index (χ1v) is 6.19. The van der Waals surface area contributed by atoms with Crippen molar-refractivity contribution in [2.75, 3.05) is 6.61 Å². The second-order valence-corrected chi connectivity index (χ2v) is 4.45. The van der Waals surface area contributed by atoms with E-state index in [9.17, 15) is 0 Å². The molecule has 2 rings (SSSR count). The van der Waals surface area contributed by atoms with E-state index in [4.69, 9.17) is 14.9 Å². The molecule has 0 radical (unpaired) electrons. The van der Waals surface area contributed by atoms with E-state index in [1.165, 1.54) is 0 Å². The SMILES string of the molecule is CCCOc1cc(OC2CC2)ccc1C(C)=N. The molecule has 1 aromatic rings. The van der Waals surface area contributed by atoms with Crippen LogP contribution >= 0.6 is 0 Å². The summed E-state index contributed by atoms with van der Waals surface area (Å²) in [7, 11) is 0. The molecule has 0 spiro atoms. The molecule has 1 aromatic carbocycles. The van der Waals surface area contributed by atoms with E-state index in [2.05, 4.69) is 6.92 Å². The average molecular weight is 233 g/mol. The van der Waals surface area contributed by atoms with Crippen LogP contribution in [-0.2, 0) is 0 Å². The normalized spacial score (nSPS) is 14.5. The molecule has 1 aliphatic rings. The zero-order valence-corrected chi connectivity index (χ0v) is 10.5. The van der Waals surface area contributed by atoms with Crippen LogP contribution in [0.4, 0.5) is 0 Å². The lowest BCUT2D eigenvalue weighted by Gasteiger charge is -2.12. The van der Waals surface area contributed by atoms with E-state index in [1.54, 1.807) is 6.92 Å². The van der Waals surface area contributed by atoms with E-state index in [-0.39, 0.29) is 0 Å². The van der Waals surface area contributed by atoms with Gasteiger partial charge in [-0.2, -0.15) is 0 Å². The van der Waals surface area contributed by atoms with Gasteiger partial charge in [-0.3, -0.25) is 0 Å². The van der Waals surface area contributed by atoms with Crippen LogP contribution in [0.2, 0.25) is 0 Å². The van der Waals surface area contributed by atoms with Crippen molar-refractivity contribution in [2.24, 2.45) is 0 Å². The fourth-order valence-corrected chi connectivity index (χ4v) is 1.60. The molecule has 1 N–H and O–H groups in total. The minimum absolute atomic E-state index is 0.390. The topological polar surface area (TPSA) is 42.3 Å². The van der Waals surface area contributed by atoms with Crippen molar-refractivity contribution < 1.29 is 9.47 Å². The molecule has 0 heterocycles. The molecular weight excluding hydrogens is 214 g/mol. The van der Waals surface area contributed by atoms with Gasteiger partial charge >= 0.3 is 0 Å². The van der Waals surface area contributed by atoms with Crippen LogP contribution in [0.1, 0.15) is 38.7 Å². The number of benzene rings is 1. The number of rotatable bonds is 6. The predicted octanol–water partition coefficient (Wildman–Crippen LogP) is 3.40. The monoisotopic (exact) mass is 233 g/mol. The summed E-state index contributed by atoms with van der Waals surface area (Å²) in [5, 5.41) is 7.72. The maximum atomic E-state index is 7.72. The molecule has 1 fully saturated rings. The molecule has 0 amide bonds. The summed E-state index contributed by atoms with van der Waals surface area (Å²) in [5.74, 6) is 1.61.